The van der Waals surface area contributed by atoms with Crippen LogP contribution in [-0.2, 0) is 19.4 Å². The zero-order chi connectivity index (χ0) is 15.1. The molecule has 0 saturated carbocycles. The summed E-state index contributed by atoms with van der Waals surface area (Å²) in [5.41, 5.74) is 4.60. The normalized spacial score (nSPS) is 10.2. The first-order chi connectivity index (χ1) is 10.3. The molecule has 21 heavy (non-hydrogen) atoms. The highest BCUT2D eigenvalue weighted by atomic mass is 16.2. The van der Waals surface area contributed by atoms with Crippen molar-refractivity contribution >= 4 is 0 Å². The molecule has 0 saturated heterocycles. The molecule has 0 amide bonds. The summed E-state index contributed by atoms with van der Waals surface area (Å²) in [6.45, 7) is 5.17. The van der Waals surface area contributed by atoms with Crippen LogP contribution in [0.5, 0.6) is 0 Å². The molecule has 1 N–H and O–H groups in total. The number of hydrogen-bond acceptors (Lipinski definition) is 2. The molecule has 0 aliphatic carbocycles. The number of nitrogens with zero attached hydrogens (tertiary/aromatic N) is 2. The Kier molecular flexibility index (Phi) is 5.59. The molecule has 110 valence electrons. The van der Waals surface area contributed by atoms with Crippen LogP contribution in [0.1, 0.15) is 42.8 Å². The number of aliphatic hydroxyl groups is 1. The summed E-state index contributed by atoms with van der Waals surface area (Å²) in [7, 11) is 0. The number of benzene rings is 1. The van der Waals surface area contributed by atoms with Gasteiger partial charge in [-0.05, 0) is 36.6 Å². The first-order valence-electron chi connectivity index (χ1n) is 7.51. The molecule has 3 heteroatoms. The van der Waals surface area contributed by atoms with Crippen molar-refractivity contribution in [3.8, 4) is 11.8 Å². The van der Waals surface area contributed by atoms with Crippen molar-refractivity contribution < 1.29 is 5.11 Å². The summed E-state index contributed by atoms with van der Waals surface area (Å²) in [6, 6.07) is 10.4. The molecule has 2 rings (SSSR count). The molecule has 1 aromatic carbocycles. The second-order valence-electron chi connectivity index (χ2n) is 4.97. The topological polar surface area (TPSA) is 38.0 Å². The Labute approximate surface area is 126 Å². The van der Waals surface area contributed by atoms with Gasteiger partial charge in [-0.3, -0.25) is 4.68 Å². The van der Waals surface area contributed by atoms with Crippen LogP contribution in [0.15, 0.2) is 30.3 Å². The molecule has 2 aromatic rings. The van der Waals surface area contributed by atoms with Gasteiger partial charge in [0.15, 0.2) is 0 Å². The number of aliphatic hydroxyl groups excluding tert-OH is 1. The van der Waals surface area contributed by atoms with Gasteiger partial charge in [-0.2, -0.15) is 5.10 Å². The van der Waals surface area contributed by atoms with E-state index in [0.717, 1.165) is 30.6 Å². The third kappa shape index (κ3) is 4.21. The highest BCUT2D eigenvalue weighted by molar-refractivity contribution is 5.37. The largest absolute Gasteiger partial charge is 0.395 e. The minimum Gasteiger partial charge on any atom is -0.395 e. The van der Waals surface area contributed by atoms with Gasteiger partial charge in [-0.1, -0.05) is 37.8 Å². The Morgan fingerprint density at radius 3 is 2.76 bits per heavy atom. The molecule has 0 bridgehead atoms. The summed E-state index contributed by atoms with van der Waals surface area (Å²) in [4.78, 5) is 0. The Morgan fingerprint density at radius 1 is 1.19 bits per heavy atom. The molecule has 1 heterocycles. The van der Waals surface area contributed by atoms with Gasteiger partial charge in [0.05, 0.1) is 18.8 Å². The van der Waals surface area contributed by atoms with Crippen molar-refractivity contribution in [1.29, 1.82) is 0 Å². The van der Waals surface area contributed by atoms with Gasteiger partial charge >= 0.3 is 0 Å². The van der Waals surface area contributed by atoms with E-state index in [1.54, 1.807) is 0 Å². The first kappa shape index (κ1) is 15.3. The van der Waals surface area contributed by atoms with Crippen molar-refractivity contribution in [3.63, 3.8) is 0 Å². The van der Waals surface area contributed by atoms with Crippen LogP contribution in [-0.4, -0.2) is 21.5 Å². The predicted octanol–water partition coefficient (Wildman–Crippen LogP) is 2.79. The molecule has 0 aliphatic rings. The van der Waals surface area contributed by atoms with Gasteiger partial charge in [0.2, 0.25) is 0 Å². The van der Waals surface area contributed by atoms with Crippen molar-refractivity contribution in [3.05, 3.63) is 52.8 Å². The third-order valence-corrected chi connectivity index (χ3v) is 3.37. The monoisotopic (exact) mass is 282 g/mol. The maximum atomic E-state index is 8.76. The van der Waals surface area contributed by atoms with Crippen LogP contribution >= 0.6 is 0 Å². The van der Waals surface area contributed by atoms with E-state index in [0.29, 0.717) is 6.42 Å². The van der Waals surface area contributed by atoms with Crippen molar-refractivity contribution in [1.82, 2.24) is 9.78 Å². The lowest BCUT2D eigenvalue weighted by molar-refractivity contribution is 0.305. The Hall–Kier alpha value is -2.05. The fourth-order valence-corrected chi connectivity index (χ4v) is 2.25. The van der Waals surface area contributed by atoms with Gasteiger partial charge < -0.3 is 5.11 Å². The average Bonchev–Trinajstić information content (AvgIpc) is 2.90. The van der Waals surface area contributed by atoms with E-state index in [1.807, 2.05) is 12.1 Å². The fourth-order valence-electron chi connectivity index (χ4n) is 2.25. The van der Waals surface area contributed by atoms with Gasteiger partial charge in [-0.15, -0.1) is 0 Å². The molecule has 0 spiro atoms. The smallest absolute Gasteiger partial charge is 0.0663 e. The summed E-state index contributed by atoms with van der Waals surface area (Å²) in [6.07, 6.45) is 2.47. The molecule has 0 radical (unpaired) electrons. The van der Waals surface area contributed by atoms with Gasteiger partial charge in [0.1, 0.15) is 0 Å². The highest BCUT2D eigenvalue weighted by Gasteiger charge is 2.06. The molecular formula is C18H22N2O. The SMILES string of the molecule is CCc1cc(CC)n(Cc2cccc(C#CCCO)c2)n1. The summed E-state index contributed by atoms with van der Waals surface area (Å²) >= 11 is 0. The van der Waals surface area contributed by atoms with Crippen LogP contribution in [0.4, 0.5) is 0 Å². The maximum Gasteiger partial charge on any atom is 0.0663 e. The van der Waals surface area contributed by atoms with E-state index >= 15 is 0 Å². The minimum absolute atomic E-state index is 0.111. The first-order valence-corrected chi connectivity index (χ1v) is 7.51. The van der Waals surface area contributed by atoms with Crippen molar-refractivity contribution in [2.24, 2.45) is 0 Å². The molecule has 1 aromatic heterocycles. The zero-order valence-corrected chi connectivity index (χ0v) is 12.8. The van der Waals surface area contributed by atoms with Crippen LogP contribution in [0, 0.1) is 11.8 Å². The summed E-state index contributed by atoms with van der Waals surface area (Å²) in [5, 5.41) is 13.4. The van der Waals surface area contributed by atoms with E-state index in [1.165, 1.54) is 11.3 Å². The second-order valence-corrected chi connectivity index (χ2v) is 4.97. The maximum absolute atomic E-state index is 8.76. The standard InChI is InChI=1S/C18H22N2O/c1-3-17-13-18(4-2)20(19-17)14-16-10-7-9-15(12-16)8-5-6-11-21/h7,9-10,12-13,21H,3-4,6,11,14H2,1-2H3. The number of aromatic nitrogens is 2. The zero-order valence-electron chi connectivity index (χ0n) is 12.8. The molecular weight excluding hydrogens is 260 g/mol. The number of hydrogen-bond donors (Lipinski definition) is 1. The van der Waals surface area contributed by atoms with Crippen LogP contribution in [0.3, 0.4) is 0 Å². The molecule has 0 atom stereocenters. The quantitative estimate of drug-likeness (QED) is 0.856. The Bertz CT molecular complexity index is 647. The lowest BCUT2D eigenvalue weighted by Crippen LogP contribution is -2.06. The predicted molar refractivity (Wildman–Crippen MR) is 85.1 cm³/mol. The fraction of sp³-hybridized carbons (Fsp3) is 0.389. The summed E-state index contributed by atoms with van der Waals surface area (Å²) in [5.74, 6) is 6.03. The Balaban J connectivity index is 2.18. The Morgan fingerprint density at radius 2 is 2.05 bits per heavy atom. The number of rotatable bonds is 5. The molecule has 0 aliphatic heterocycles. The average molecular weight is 282 g/mol. The van der Waals surface area contributed by atoms with Gasteiger partial charge in [0.25, 0.3) is 0 Å². The van der Waals surface area contributed by atoms with Crippen molar-refractivity contribution in [2.45, 2.75) is 39.7 Å². The molecule has 0 unspecified atom stereocenters. The van der Waals surface area contributed by atoms with E-state index < -0.39 is 0 Å². The lowest BCUT2D eigenvalue weighted by Gasteiger charge is -2.06. The van der Waals surface area contributed by atoms with E-state index in [9.17, 15) is 0 Å². The van der Waals surface area contributed by atoms with Crippen LogP contribution in [0.25, 0.3) is 0 Å². The molecule has 3 nitrogen and oxygen atoms in total. The third-order valence-electron chi connectivity index (χ3n) is 3.37. The minimum atomic E-state index is 0.111. The molecule has 0 fully saturated rings. The van der Waals surface area contributed by atoms with Crippen molar-refractivity contribution in [2.75, 3.05) is 6.61 Å². The van der Waals surface area contributed by atoms with E-state index in [2.05, 4.69) is 53.7 Å². The van der Waals surface area contributed by atoms with Crippen LogP contribution in [0.2, 0.25) is 0 Å². The van der Waals surface area contributed by atoms with Crippen LogP contribution < -0.4 is 0 Å². The second kappa shape index (κ2) is 7.66. The van der Waals surface area contributed by atoms with Gasteiger partial charge in [0, 0.05) is 17.7 Å². The summed E-state index contributed by atoms with van der Waals surface area (Å²) < 4.78 is 2.08. The number of aryl methyl sites for hydroxylation is 2. The lowest BCUT2D eigenvalue weighted by atomic mass is 10.1. The van der Waals surface area contributed by atoms with E-state index in [4.69, 9.17) is 5.11 Å². The highest BCUT2D eigenvalue weighted by Crippen LogP contribution is 2.11. The van der Waals surface area contributed by atoms with E-state index in [-0.39, 0.29) is 6.61 Å². The van der Waals surface area contributed by atoms with Gasteiger partial charge in [-0.25, -0.2) is 0 Å².